The number of carboxylic acid groups (broad SMARTS) is 1. The van der Waals surface area contributed by atoms with Crippen LogP contribution < -0.4 is 5.73 Å². The van der Waals surface area contributed by atoms with Crippen LogP contribution in [0.4, 0.5) is 5.69 Å². The Morgan fingerprint density at radius 1 is 1.25 bits per heavy atom. The van der Waals surface area contributed by atoms with Gasteiger partial charge in [-0.2, -0.15) is 0 Å². The van der Waals surface area contributed by atoms with Gasteiger partial charge in [0.1, 0.15) is 5.84 Å². The van der Waals surface area contributed by atoms with E-state index in [1.54, 1.807) is 24.8 Å². The van der Waals surface area contributed by atoms with Gasteiger partial charge in [-0.05, 0) is 30.7 Å². The summed E-state index contributed by atoms with van der Waals surface area (Å²) in [6, 6.07) is 11.2. The molecule has 0 radical (unpaired) electrons. The molecule has 1 aliphatic rings. The Hall–Kier alpha value is -2.27. The minimum absolute atomic E-state index is 0.256. The highest BCUT2D eigenvalue weighted by molar-refractivity contribution is 7.99. The molecule has 0 amide bonds. The molecule has 4 nitrogen and oxygen atoms in total. The molecule has 0 aliphatic carbocycles. The molecule has 0 atom stereocenters. The van der Waals surface area contributed by atoms with Crippen molar-refractivity contribution in [3.05, 3.63) is 53.1 Å². The summed E-state index contributed by atoms with van der Waals surface area (Å²) in [4.78, 5) is 17.5. The third kappa shape index (κ3) is 2.06. The maximum absolute atomic E-state index is 11.2. The average molecular weight is 284 g/mol. The third-order valence-electron chi connectivity index (χ3n) is 3.16. The summed E-state index contributed by atoms with van der Waals surface area (Å²) in [5.41, 5.74) is 8.47. The molecule has 2 aromatic rings. The maximum Gasteiger partial charge on any atom is 0.336 e. The highest BCUT2D eigenvalue weighted by Gasteiger charge is 2.18. The predicted octanol–water partition coefficient (Wildman–Crippen LogP) is 3.19. The number of rotatable bonds is 1. The van der Waals surface area contributed by atoms with Crippen LogP contribution in [0.1, 0.15) is 21.5 Å². The largest absolute Gasteiger partial charge is 0.478 e. The number of aryl methyl sites for hydroxylation is 1. The van der Waals surface area contributed by atoms with Gasteiger partial charge in [0.05, 0.1) is 11.3 Å². The number of benzene rings is 2. The molecule has 3 rings (SSSR count). The molecular weight excluding hydrogens is 272 g/mol. The van der Waals surface area contributed by atoms with Crippen LogP contribution >= 0.6 is 11.8 Å². The first-order valence-corrected chi connectivity index (χ1v) is 6.87. The molecule has 0 spiro atoms. The van der Waals surface area contributed by atoms with Crippen molar-refractivity contribution in [2.24, 2.45) is 10.7 Å². The van der Waals surface area contributed by atoms with E-state index >= 15 is 0 Å². The summed E-state index contributed by atoms with van der Waals surface area (Å²) < 4.78 is 0. The fourth-order valence-electron chi connectivity index (χ4n) is 2.15. The van der Waals surface area contributed by atoms with Crippen LogP contribution in [0.5, 0.6) is 0 Å². The first-order chi connectivity index (χ1) is 9.56. The number of hydrogen-bond donors (Lipinski definition) is 2. The monoisotopic (exact) mass is 284 g/mol. The molecular formula is C15H12N2O2S. The van der Waals surface area contributed by atoms with E-state index in [1.807, 2.05) is 30.3 Å². The molecule has 100 valence electrons. The van der Waals surface area contributed by atoms with Gasteiger partial charge in [-0.25, -0.2) is 9.79 Å². The van der Waals surface area contributed by atoms with Crippen molar-refractivity contribution in [3.8, 4) is 0 Å². The van der Waals surface area contributed by atoms with Crippen LogP contribution in [0.25, 0.3) is 0 Å². The van der Waals surface area contributed by atoms with Crippen LogP contribution in [-0.2, 0) is 0 Å². The van der Waals surface area contributed by atoms with E-state index < -0.39 is 5.97 Å². The summed E-state index contributed by atoms with van der Waals surface area (Å²) in [5.74, 6) is -0.544. The van der Waals surface area contributed by atoms with E-state index in [-0.39, 0.29) is 5.56 Å². The van der Waals surface area contributed by atoms with Crippen molar-refractivity contribution in [1.82, 2.24) is 0 Å². The van der Waals surface area contributed by atoms with Gasteiger partial charge in [-0.3, -0.25) is 0 Å². The first kappa shape index (κ1) is 12.7. The number of nitrogens with zero attached hydrogens (tertiary/aromatic N) is 1. The highest BCUT2D eigenvalue weighted by Crippen LogP contribution is 2.40. The van der Waals surface area contributed by atoms with Crippen LogP contribution in [0.2, 0.25) is 0 Å². The minimum atomic E-state index is -0.953. The standard InChI is InChI=1S/C15H12N2O2S/c1-8-6-13-11(7-10(8)15(18)19)17-14(16)9-4-2-3-5-12(9)20-13/h2-7H,1H3,(H2,16,17)(H,18,19). The first-order valence-electron chi connectivity index (χ1n) is 6.05. The smallest absolute Gasteiger partial charge is 0.336 e. The molecule has 0 saturated heterocycles. The maximum atomic E-state index is 11.2. The molecule has 0 unspecified atom stereocenters. The van der Waals surface area contributed by atoms with Crippen molar-refractivity contribution in [2.75, 3.05) is 0 Å². The van der Waals surface area contributed by atoms with Crippen LogP contribution in [0.3, 0.4) is 0 Å². The second-order valence-electron chi connectivity index (χ2n) is 4.54. The Kier molecular flexibility index (Phi) is 2.99. The molecule has 2 aromatic carbocycles. The molecule has 0 saturated carbocycles. The summed E-state index contributed by atoms with van der Waals surface area (Å²) >= 11 is 1.55. The predicted molar refractivity (Wildman–Crippen MR) is 79.1 cm³/mol. The third-order valence-corrected chi connectivity index (χ3v) is 4.28. The van der Waals surface area contributed by atoms with Crippen molar-refractivity contribution in [2.45, 2.75) is 16.7 Å². The van der Waals surface area contributed by atoms with E-state index in [0.717, 1.165) is 20.9 Å². The van der Waals surface area contributed by atoms with Gasteiger partial charge in [-0.15, -0.1) is 0 Å². The van der Waals surface area contributed by atoms with E-state index in [1.165, 1.54) is 0 Å². The second-order valence-corrected chi connectivity index (χ2v) is 5.62. The zero-order valence-corrected chi connectivity index (χ0v) is 11.6. The van der Waals surface area contributed by atoms with Gasteiger partial charge < -0.3 is 10.8 Å². The Morgan fingerprint density at radius 3 is 2.75 bits per heavy atom. The Balaban J connectivity index is 2.23. The Morgan fingerprint density at radius 2 is 2.00 bits per heavy atom. The molecule has 0 fully saturated rings. The number of aromatic carboxylic acids is 1. The summed E-state index contributed by atoms with van der Waals surface area (Å²) in [5, 5.41) is 9.19. The number of hydrogen-bond acceptors (Lipinski definition) is 4. The fourth-order valence-corrected chi connectivity index (χ4v) is 3.26. The van der Waals surface area contributed by atoms with Gasteiger partial charge in [-0.1, -0.05) is 30.0 Å². The quantitative estimate of drug-likeness (QED) is 0.843. The van der Waals surface area contributed by atoms with Crippen molar-refractivity contribution >= 4 is 29.3 Å². The lowest BCUT2D eigenvalue weighted by Gasteiger charge is -2.07. The number of fused-ring (bicyclic) bond motifs is 2. The van der Waals surface area contributed by atoms with Gasteiger partial charge in [0, 0.05) is 15.4 Å². The molecule has 1 heterocycles. The van der Waals surface area contributed by atoms with E-state index in [0.29, 0.717) is 11.5 Å². The number of carboxylic acids is 1. The number of carbonyl (C=O) groups is 1. The van der Waals surface area contributed by atoms with Crippen molar-refractivity contribution < 1.29 is 9.90 Å². The minimum Gasteiger partial charge on any atom is -0.478 e. The van der Waals surface area contributed by atoms with Crippen LogP contribution in [0.15, 0.2) is 51.2 Å². The molecule has 3 N–H and O–H groups in total. The van der Waals surface area contributed by atoms with E-state index in [9.17, 15) is 9.90 Å². The molecule has 1 aliphatic heterocycles. The fraction of sp³-hybridized carbons (Fsp3) is 0.0667. The second kappa shape index (κ2) is 4.68. The van der Waals surface area contributed by atoms with Crippen molar-refractivity contribution in [1.29, 1.82) is 0 Å². The van der Waals surface area contributed by atoms with Gasteiger partial charge in [0.25, 0.3) is 0 Å². The summed E-state index contributed by atoms with van der Waals surface area (Å²) in [6.07, 6.45) is 0. The molecule has 0 aromatic heterocycles. The average Bonchev–Trinajstić information content (AvgIpc) is 2.54. The summed E-state index contributed by atoms with van der Waals surface area (Å²) in [6.45, 7) is 1.79. The van der Waals surface area contributed by atoms with E-state index in [2.05, 4.69) is 4.99 Å². The lowest BCUT2D eigenvalue weighted by Crippen LogP contribution is -2.13. The normalized spacial score (nSPS) is 12.9. The zero-order valence-electron chi connectivity index (χ0n) is 10.8. The Bertz CT molecular complexity index is 754. The lowest BCUT2D eigenvalue weighted by atomic mass is 10.1. The van der Waals surface area contributed by atoms with Crippen LogP contribution in [-0.4, -0.2) is 16.9 Å². The lowest BCUT2D eigenvalue weighted by molar-refractivity contribution is 0.0696. The SMILES string of the molecule is Cc1cc2c(cc1C(=O)O)N=C(N)c1ccccc1S2. The van der Waals surface area contributed by atoms with E-state index in [4.69, 9.17) is 5.73 Å². The molecule has 0 bridgehead atoms. The number of nitrogens with two attached hydrogens (primary N) is 1. The van der Waals surface area contributed by atoms with Crippen LogP contribution in [0, 0.1) is 6.92 Å². The Labute approximate surface area is 120 Å². The topological polar surface area (TPSA) is 75.7 Å². The summed E-state index contributed by atoms with van der Waals surface area (Å²) in [7, 11) is 0. The highest BCUT2D eigenvalue weighted by atomic mass is 32.2. The molecule has 5 heteroatoms. The van der Waals surface area contributed by atoms with Crippen molar-refractivity contribution in [3.63, 3.8) is 0 Å². The molecule has 20 heavy (non-hydrogen) atoms. The van der Waals surface area contributed by atoms with Gasteiger partial charge >= 0.3 is 5.97 Å². The van der Waals surface area contributed by atoms with Gasteiger partial charge in [0.2, 0.25) is 0 Å². The zero-order chi connectivity index (χ0) is 14.3. The number of amidine groups is 1. The van der Waals surface area contributed by atoms with Gasteiger partial charge in [0.15, 0.2) is 0 Å². The number of aliphatic imine (C=N–C) groups is 1.